The second-order valence-electron chi connectivity index (χ2n) is 7.62. The molecule has 4 rings (SSSR count). The number of nitrogens with one attached hydrogen (secondary N) is 2. The molecule has 3 aromatic carbocycles. The van der Waals surface area contributed by atoms with Crippen LogP contribution in [0.25, 0.3) is 5.69 Å². The van der Waals surface area contributed by atoms with Crippen molar-refractivity contribution in [3.63, 3.8) is 0 Å². The third-order valence-corrected chi connectivity index (χ3v) is 6.89. The summed E-state index contributed by atoms with van der Waals surface area (Å²) in [7, 11) is 1.63. The Labute approximate surface area is 222 Å². The SMILES string of the molecule is COc1ccccc1CNC(=O)CCSc1nnc(CNc2ccc(I)cc2)n1-c1ccccc1. The first kappa shape index (κ1) is 25.1. The van der Waals surface area contributed by atoms with Crippen LogP contribution in [0.4, 0.5) is 5.69 Å². The zero-order valence-electron chi connectivity index (χ0n) is 19.3. The molecule has 2 N–H and O–H groups in total. The molecule has 0 aliphatic rings. The quantitative estimate of drug-likeness (QED) is 0.180. The molecule has 0 saturated heterocycles. The largest absolute Gasteiger partial charge is 0.496 e. The zero-order chi connectivity index (χ0) is 24.5. The number of amides is 1. The van der Waals surface area contributed by atoms with E-state index in [2.05, 4.69) is 55.6 Å². The molecule has 0 aliphatic heterocycles. The lowest BCUT2D eigenvalue weighted by Gasteiger charge is -2.12. The molecule has 0 radical (unpaired) electrons. The summed E-state index contributed by atoms with van der Waals surface area (Å²) in [5, 5.41) is 16.0. The van der Waals surface area contributed by atoms with Gasteiger partial charge in [-0.25, -0.2) is 0 Å². The Hall–Kier alpha value is -3.05. The van der Waals surface area contributed by atoms with Crippen LogP contribution in [0.15, 0.2) is 84.0 Å². The monoisotopic (exact) mass is 599 g/mol. The molecule has 180 valence electrons. The molecule has 0 bridgehead atoms. The van der Waals surface area contributed by atoms with E-state index in [1.54, 1.807) is 7.11 Å². The predicted octanol–water partition coefficient (Wildman–Crippen LogP) is 5.29. The highest BCUT2D eigenvalue weighted by molar-refractivity contribution is 14.1. The number of nitrogens with zero attached hydrogens (tertiary/aromatic N) is 3. The smallest absolute Gasteiger partial charge is 0.221 e. The molecule has 9 heteroatoms. The van der Waals surface area contributed by atoms with Crippen LogP contribution in [0.1, 0.15) is 17.8 Å². The normalized spacial score (nSPS) is 10.7. The number of carbonyl (C=O) groups excluding carboxylic acids is 1. The van der Waals surface area contributed by atoms with E-state index in [-0.39, 0.29) is 5.91 Å². The highest BCUT2D eigenvalue weighted by Gasteiger charge is 2.15. The molecule has 0 aliphatic carbocycles. The minimum absolute atomic E-state index is 0.0187. The van der Waals surface area contributed by atoms with Crippen molar-refractivity contribution in [1.29, 1.82) is 0 Å². The summed E-state index contributed by atoms with van der Waals surface area (Å²) in [5.41, 5.74) is 2.96. The highest BCUT2D eigenvalue weighted by atomic mass is 127. The highest BCUT2D eigenvalue weighted by Crippen LogP contribution is 2.24. The van der Waals surface area contributed by atoms with Crippen molar-refractivity contribution in [2.24, 2.45) is 0 Å². The van der Waals surface area contributed by atoms with Crippen molar-refractivity contribution in [3.05, 3.63) is 93.8 Å². The number of hydrogen-bond acceptors (Lipinski definition) is 6. The number of ether oxygens (including phenoxy) is 1. The van der Waals surface area contributed by atoms with Crippen LogP contribution >= 0.6 is 34.4 Å². The summed E-state index contributed by atoms with van der Waals surface area (Å²) in [4.78, 5) is 12.4. The van der Waals surface area contributed by atoms with E-state index in [1.807, 2.05) is 71.3 Å². The average Bonchev–Trinajstić information content (AvgIpc) is 3.30. The summed E-state index contributed by atoms with van der Waals surface area (Å²) >= 11 is 3.81. The van der Waals surface area contributed by atoms with E-state index in [0.717, 1.165) is 33.7 Å². The third kappa shape index (κ3) is 6.98. The second-order valence-corrected chi connectivity index (χ2v) is 9.92. The molecule has 0 unspecified atom stereocenters. The predicted molar refractivity (Wildman–Crippen MR) is 148 cm³/mol. The molecule has 1 heterocycles. The van der Waals surface area contributed by atoms with Gasteiger partial charge in [-0.3, -0.25) is 9.36 Å². The summed E-state index contributed by atoms with van der Waals surface area (Å²) in [6, 6.07) is 25.9. The van der Waals surface area contributed by atoms with Gasteiger partial charge in [-0.05, 0) is 65.1 Å². The van der Waals surface area contributed by atoms with Crippen LogP contribution < -0.4 is 15.4 Å². The van der Waals surface area contributed by atoms with Gasteiger partial charge in [0.05, 0.1) is 13.7 Å². The van der Waals surface area contributed by atoms with Crippen LogP contribution in [-0.2, 0) is 17.9 Å². The first-order valence-corrected chi connectivity index (χ1v) is 13.2. The first-order chi connectivity index (χ1) is 17.1. The summed E-state index contributed by atoms with van der Waals surface area (Å²) in [5.74, 6) is 2.14. The molecule has 0 fully saturated rings. The number of aromatic nitrogens is 3. The van der Waals surface area contributed by atoms with Gasteiger partial charge < -0.3 is 15.4 Å². The van der Waals surface area contributed by atoms with E-state index in [9.17, 15) is 4.79 Å². The molecular weight excluding hydrogens is 573 g/mol. The van der Waals surface area contributed by atoms with Gasteiger partial charge in [-0.2, -0.15) is 0 Å². The van der Waals surface area contributed by atoms with E-state index >= 15 is 0 Å². The van der Waals surface area contributed by atoms with Gasteiger partial charge in [0.2, 0.25) is 5.91 Å². The van der Waals surface area contributed by atoms with Crippen LogP contribution in [0.3, 0.4) is 0 Å². The van der Waals surface area contributed by atoms with Crippen LogP contribution in [0.5, 0.6) is 5.75 Å². The number of halogens is 1. The van der Waals surface area contributed by atoms with Crippen molar-refractivity contribution in [1.82, 2.24) is 20.1 Å². The molecule has 7 nitrogen and oxygen atoms in total. The Morgan fingerprint density at radius 1 is 0.971 bits per heavy atom. The molecule has 4 aromatic rings. The number of benzene rings is 3. The lowest BCUT2D eigenvalue weighted by atomic mass is 10.2. The Morgan fingerprint density at radius 3 is 2.49 bits per heavy atom. The number of anilines is 1. The first-order valence-electron chi connectivity index (χ1n) is 11.1. The molecular formula is C26H26IN5O2S. The van der Waals surface area contributed by atoms with E-state index in [1.165, 1.54) is 15.3 Å². The van der Waals surface area contributed by atoms with Gasteiger partial charge in [0.15, 0.2) is 11.0 Å². The van der Waals surface area contributed by atoms with Crippen molar-refractivity contribution < 1.29 is 9.53 Å². The van der Waals surface area contributed by atoms with E-state index in [4.69, 9.17) is 4.74 Å². The minimum Gasteiger partial charge on any atom is -0.496 e. The van der Waals surface area contributed by atoms with Gasteiger partial charge in [0.25, 0.3) is 0 Å². The fourth-order valence-electron chi connectivity index (χ4n) is 3.46. The fourth-order valence-corrected chi connectivity index (χ4v) is 4.73. The summed E-state index contributed by atoms with van der Waals surface area (Å²) in [6.45, 7) is 0.963. The maximum atomic E-state index is 12.4. The van der Waals surface area contributed by atoms with Crippen LogP contribution in [0, 0.1) is 3.57 Å². The standard InChI is InChI=1S/C26H26IN5O2S/c1-34-23-10-6-5-7-19(23)17-29-25(33)15-16-35-26-31-30-24(32(26)22-8-3-2-4-9-22)18-28-21-13-11-20(27)12-14-21/h2-14,28H,15-18H2,1H3,(H,29,33). The Kier molecular flexibility index (Phi) is 9.02. The molecule has 0 saturated carbocycles. The summed E-state index contributed by atoms with van der Waals surface area (Å²) in [6.07, 6.45) is 0.373. The molecule has 35 heavy (non-hydrogen) atoms. The van der Waals surface area contributed by atoms with Crippen molar-refractivity contribution in [2.75, 3.05) is 18.2 Å². The maximum absolute atomic E-state index is 12.4. The topological polar surface area (TPSA) is 81.1 Å². The lowest BCUT2D eigenvalue weighted by Crippen LogP contribution is -2.23. The van der Waals surface area contributed by atoms with Gasteiger partial charge in [0, 0.05) is 39.2 Å². The summed E-state index contributed by atoms with van der Waals surface area (Å²) < 4.78 is 8.57. The van der Waals surface area contributed by atoms with E-state index in [0.29, 0.717) is 25.3 Å². The Balaban J connectivity index is 1.38. The van der Waals surface area contributed by atoms with Gasteiger partial charge in [-0.1, -0.05) is 48.2 Å². The molecule has 1 amide bonds. The van der Waals surface area contributed by atoms with Gasteiger partial charge >= 0.3 is 0 Å². The Morgan fingerprint density at radius 2 is 1.71 bits per heavy atom. The average molecular weight is 599 g/mol. The molecule has 0 spiro atoms. The van der Waals surface area contributed by atoms with Gasteiger partial charge in [-0.15, -0.1) is 10.2 Å². The maximum Gasteiger partial charge on any atom is 0.221 e. The minimum atomic E-state index is -0.0187. The number of methoxy groups -OCH3 is 1. The second kappa shape index (κ2) is 12.6. The molecule has 1 aromatic heterocycles. The van der Waals surface area contributed by atoms with Gasteiger partial charge in [0.1, 0.15) is 5.75 Å². The Bertz CT molecular complexity index is 1250. The third-order valence-electron chi connectivity index (χ3n) is 5.24. The van der Waals surface area contributed by atoms with Crippen molar-refractivity contribution in [3.8, 4) is 11.4 Å². The fraction of sp³-hybridized carbons (Fsp3) is 0.192. The number of carbonyl (C=O) groups is 1. The number of para-hydroxylation sites is 2. The van der Waals surface area contributed by atoms with Crippen molar-refractivity contribution in [2.45, 2.75) is 24.7 Å². The van der Waals surface area contributed by atoms with Crippen LogP contribution in [-0.4, -0.2) is 33.5 Å². The van der Waals surface area contributed by atoms with E-state index < -0.39 is 0 Å². The van der Waals surface area contributed by atoms with Crippen LogP contribution in [0.2, 0.25) is 0 Å². The number of rotatable bonds is 11. The molecule has 0 atom stereocenters. The van der Waals surface area contributed by atoms with Crippen molar-refractivity contribution >= 4 is 45.9 Å². The number of thioether (sulfide) groups is 1. The lowest BCUT2D eigenvalue weighted by molar-refractivity contribution is -0.120. The number of hydrogen-bond donors (Lipinski definition) is 2. The zero-order valence-corrected chi connectivity index (χ0v) is 22.3.